The van der Waals surface area contributed by atoms with Crippen LogP contribution >= 0.6 is 0 Å². The van der Waals surface area contributed by atoms with Crippen LogP contribution in [0, 0.1) is 28.6 Å². The second kappa shape index (κ2) is 5.73. The minimum atomic E-state index is -0.814. The number of amides is 1. The first-order chi connectivity index (χ1) is 8.41. The number of hydrogen-bond donors (Lipinski definition) is 0. The van der Waals surface area contributed by atoms with Gasteiger partial charge >= 0.3 is 0 Å². The molecule has 0 N–H and O–H groups in total. The Bertz CT molecular complexity index is 341. The quantitative estimate of drug-likeness (QED) is 0.772. The van der Waals surface area contributed by atoms with Crippen LogP contribution in [0.2, 0.25) is 0 Å². The number of piperidine rings is 1. The van der Waals surface area contributed by atoms with E-state index in [1.165, 1.54) is 6.42 Å². The predicted molar refractivity (Wildman–Crippen MR) is 72.7 cm³/mol. The Morgan fingerprint density at radius 3 is 2.33 bits per heavy atom. The van der Waals surface area contributed by atoms with Crippen LogP contribution in [0.5, 0.6) is 0 Å². The molecule has 1 aliphatic rings. The predicted octanol–water partition coefficient (Wildman–Crippen LogP) is 3.21. The van der Waals surface area contributed by atoms with Crippen LogP contribution in [-0.2, 0) is 4.79 Å². The highest BCUT2D eigenvalue weighted by atomic mass is 16.2. The van der Waals surface area contributed by atoms with Crippen molar-refractivity contribution in [2.75, 3.05) is 6.54 Å². The van der Waals surface area contributed by atoms with Crippen LogP contribution in [0.15, 0.2) is 0 Å². The Balaban J connectivity index is 2.98. The first-order valence-corrected chi connectivity index (χ1v) is 7.14. The number of carbonyl (C=O) groups is 1. The van der Waals surface area contributed by atoms with E-state index in [1.807, 2.05) is 18.7 Å². The Morgan fingerprint density at radius 2 is 1.89 bits per heavy atom. The molecule has 3 heteroatoms. The highest BCUT2D eigenvalue weighted by Crippen LogP contribution is 2.34. The lowest BCUT2D eigenvalue weighted by Crippen LogP contribution is -2.53. The molecule has 1 fully saturated rings. The van der Waals surface area contributed by atoms with Crippen molar-refractivity contribution in [3.8, 4) is 6.07 Å². The average molecular weight is 250 g/mol. The maximum Gasteiger partial charge on any atom is 0.243 e. The molecule has 3 nitrogen and oxygen atoms in total. The summed E-state index contributed by atoms with van der Waals surface area (Å²) < 4.78 is 0. The highest BCUT2D eigenvalue weighted by molar-refractivity contribution is 5.85. The van der Waals surface area contributed by atoms with Crippen molar-refractivity contribution in [1.82, 2.24) is 4.90 Å². The molecule has 3 unspecified atom stereocenters. The second-order valence-corrected chi connectivity index (χ2v) is 5.92. The molecule has 0 spiro atoms. The maximum atomic E-state index is 12.7. The normalized spacial score (nSPS) is 28.9. The molecule has 0 radical (unpaired) electrons. The van der Waals surface area contributed by atoms with Crippen molar-refractivity contribution in [3.63, 3.8) is 0 Å². The van der Waals surface area contributed by atoms with E-state index in [0.717, 1.165) is 6.54 Å². The van der Waals surface area contributed by atoms with E-state index < -0.39 is 5.41 Å². The first-order valence-electron chi connectivity index (χ1n) is 7.14. The van der Waals surface area contributed by atoms with Gasteiger partial charge in [-0.25, -0.2) is 0 Å². The molecule has 3 atom stereocenters. The standard InChI is InChI=1S/C15H26N2O/c1-6-15(7-2,10-16)14(18)17-9-11(3)8-12(4)13(17)5/h11-13H,6-9H2,1-5H3. The van der Waals surface area contributed by atoms with Crippen LogP contribution < -0.4 is 0 Å². The van der Waals surface area contributed by atoms with E-state index in [9.17, 15) is 10.1 Å². The topological polar surface area (TPSA) is 44.1 Å². The summed E-state index contributed by atoms with van der Waals surface area (Å²) in [4.78, 5) is 14.7. The molecule has 102 valence electrons. The molecule has 0 aromatic rings. The van der Waals surface area contributed by atoms with Crippen molar-refractivity contribution in [1.29, 1.82) is 5.26 Å². The van der Waals surface area contributed by atoms with Crippen LogP contribution in [-0.4, -0.2) is 23.4 Å². The van der Waals surface area contributed by atoms with Gasteiger partial charge in [0.05, 0.1) is 6.07 Å². The van der Waals surface area contributed by atoms with Gasteiger partial charge in [0.25, 0.3) is 0 Å². The fraction of sp³-hybridized carbons (Fsp3) is 0.867. The third kappa shape index (κ3) is 2.53. The van der Waals surface area contributed by atoms with Gasteiger partial charge in [0.2, 0.25) is 5.91 Å². The molecule has 0 bridgehead atoms. The maximum absolute atomic E-state index is 12.7. The molecule has 0 aromatic carbocycles. The summed E-state index contributed by atoms with van der Waals surface area (Å²) in [6.07, 6.45) is 2.37. The molecule has 1 rings (SSSR count). The zero-order valence-corrected chi connectivity index (χ0v) is 12.4. The smallest absolute Gasteiger partial charge is 0.243 e. The number of rotatable bonds is 3. The van der Waals surface area contributed by atoms with Crippen LogP contribution in [0.1, 0.15) is 53.9 Å². The van der Waals surface area contributed by atoms with E-state index in [2.05, 4.69) is 26.8 Å². The van der Waals surface area contributed by atoms with Gasteiger partial charge in [-0.15, -0.1) is 0 Å². The van der Waals surface area contributed by atoms with Crippen LogP contribution in [0.4, 0.5) is 0 Å². The molecule has 0 aliphatic carbocycles. The largest absolute Gasteiger partial charge is 0.338 e. The van der Waals surface area contributed by atoms with Gasteiger partial charge in [0, 0.05) is 12.6 Å². The second-order valence-electron chi connectivity index (χ2n) is 5.92. The van der Waals surface area contributed by atoms with E-state index in [-0.39, 0.29) is 11.9 Å². The van der Waals surface area contributed by atoms with Crippen molar-refractivity contribution in [2.24, 2.45) is 17.3 Å². The average Bonchev–Trinajstić information content (AvgIpc) is 2.36. The monoisotopic (exact) mass is 250 g/mol. The van der Waals surface area contributed by atoms with Gasteiger partial charge in [-0.1, -0.05) is 27.7 Å². The Labute approximate surface area is 111 Å². The minimum Gasteiger partial charge on any atom is -0.338 e. The summed E-state index contributed by atoms with van der Waals surface area (Å²) >= 11 is 0. The van der Waals surface area contributed by atoms with E-state index in [0.29, 0.717) is 24.7 Å². The summed E-state index contributed by atoms with van der Waals surface area (Å²) in [5, 5.41) is 9.40. The summed E-state index contributed by atoms with van der Waals surface area (Å²) in [7, 11) is 0. The minimum absolute atomic E-state index is 0.0425. The Kier molecular flexibility index (Phi) is 4.78. The summed E-state index contributed by atoms with van der Waals surface area (Å²) in [5.74, 6) is 1.09. The van der Waals surface area contributed by atoms with Gasteiger partial charge < -0.3 is 4.90 Å². The summed E-state index contributed by atoms with van der Waals surface area (Å²) in [5.41, 5.74) is -0.814. The molecule has 18 heavy (non-hydrogen) atoms. The fourth-order valence-electron chi connectivity index (χ4n) is 3.02. The van der Waals surface area contributed by atoms with Crippen molar-refractivity contribution in [2.45, 2.75) is 59.9 Å². The van der Waals surface area contributed by atoms with E-state index in [4.69, 9.17) is 0 Å². The van der Waals surface area contributed by atoms with Gasteiger partial charge in [-0.05, 0) is 38.0 Å². The van der Waals surface area contributed by atoms with Crippen LogP contribution in [0.3, 0.4) is 0 Å². The fourth-order valence-corrected chi connectivity index (χ4v) is 3.02. The Hall–Kier alpha value is -1.04. The summed E-state index contributed by atoms with van der Waals surface area (Å²) in [6, 6.07) is 2.52. The van der Waals surface area contributed by atoms with E-state index >= 15 is 0 Å². The third-order valence-electron chi connectivity index (χ3n) is 4.69. The molecule has 1 aliphatic heterocycles. The number of likely N-dealkylation sites (tertiary alicyclic amines) is 1. The SMILES string of the molecule is CCC(C#N)(CC)C(=O)N1CC(C)CC(C)C1C. The van der Waals surface area contributed by atoms with Crippen molar-refractivity contribution < 1.29 is 4.79 Å². The van der Waals surface area contributed by atoms with Gasteiger partial charge in [0.1, 0.15) is 5.41 Å². The van der Waals surface area contributed by atoms with Gasteiger partial charge in [-0.3, -0.25) is 4.79 Å². The third-order valence-corrected chi connectivity index (χ3v) is 4.69. The van der Waals surface area contributed by atoms with Crippen LogP contribution in [0.25, 0.3) is 0 Å². The van der Waals surface area contributed by atoms with E-state index in [1.54, 1.807) is 0 Å². The lowest BCUT2D eigenvalue weighted by atomic mass is 9.79. The molecule has 1 heterocycles. The molecular formula is C15H26N2O. The Morgan fingerprint density at radius 1 is 1.33 bits per heavy atom. The number of carbonyl (C=O) groups excluding carboxylic acids is 1. The van der Waals surface area contributed by atoms with Gasteiger partial charge in [-0.2, -0.15) is 5.26 Å². The number of nitriles is 1. The van der Waals surface area contributed by atoms with Crippen molar-refractivity contribution in [3.05, 3.63) is 0 Å². The number of nitrogens with zero attached hydrogens (tertiary/aromatic N) is 2. The first kappa shape index (κ1) is 15.0. The molecular weight excluding hydrogens is 224 g/mol. The number of hydrogen-bond acceptors (Lipinski definition) is 2. The molecule has 1 amide bonds. The van der Waals surface area contributed by atoms with Gasteiger partial charge in [0.15, 0.2) is 0 Å². The molecule has 0 saturated carbocycles. The summed E-state index contributed by atoms with van der Waals surface area (Å²) in [6.45, 7) is 11.2. The zero-order chi connectivity index (χ0) is 13.9. The molecule has 1 saturated heterocycles. The molecule has 0 aromatic heterocycles. The zero-order valence-electron chi connectivity index (χ0n) is 12.4. The lowest BCUT2D eigenvalue weighted by molar-refractivity contribution is -0.145. The highest BCUT2D eigenvalue weighted by Gasteiger charge is 2.42. The van der Waals surface area contributed by atoms with Crippen molar-refractivity contribution >= 4 is 5.91 Å². The lowest BCUT2D eigenvalue weighted by Gasteiger charge is -2.44.